The molecule has 0 aliphatic heterocycles. The van der Waals surface area contributed by atoms with E-state index in [9.17, 15) is 0 Å². The number of anilines is 1. The number of rotatable bonds is 9. The molecule has 0 aliphatic rings. The molecule has 0 atom stereocenters. The zero-order valence-electron chi connectivity index (χ0n) is 11.7. The van der Waals surface area contributed by atoms with Gasteiger partial charge in [0, 0.05) is 45.2 Å². The zero-order chi connectivity index (χ0) is 14.1. The molecule has 1 aromatic carbocycles. The van der Waals surface area contributed by atoms with Gasteiger partial charge in [0.15, 0.2) is 0 Å². The fraction of sp³-hybridized carbons (Fsp3) is 0.500. The lowest BCUT2D eigenvalue weighted by atomic mass is 10.1. The van der Waals surface area contributed by atoms with Gasteiger partial charge in [-0.1, -0.05) is 12.1 Å². The van der Waals surface area contributed by atoms with Crippen LogP contribution in [0.4, 0.5) is 5.69 Å². The number of para-hydroxylation sites is 1. The van der Waals surface area contributed by atoms with Gasteiger partial charge >= 0.3 is 0 Å². The molecule has 0 saturated heterocycles. The third-order valence-corrected chi connectivity index (χ3v) is 2.88. The number of methoxy groups -OCH3 is 2. The Morgan fingerprint density at radius 2 is 1.84 bits per heavy atom. The Kier molecular flexibility index (Phi) is 6.92. The van der Waals surface area contributed by atoms with E-state index in [1.54, 1.807) is 14.2 Å². The Morgan fingerprint density at radius 1 is 1.16 bits per heavy atom. The molecule has 0 aliphatic carbocycles. The molecule has 0 unspecified atom stereocenters. The first kappa shape index (κ1) is 15.5. The predicted molar refractivity (Wildman–Crippen MR) is 78.0 cm³/mol. The summed E-state index contributed by atoms with van der Waals surface area (Å²) >= 11 is 0. The molecule has 0 radical (unpaired) electrons. The van der Waals surface area contributed by atoms with Crippen molar-refractivity contribution < 1.29 is 9.47 Å². The molecule has 5 nitrogen and oxygen atoms in total. The van der Waals surface area contributed by atoms with Crippen LogP contribution in [0.3, 0.4) is 0 Å². The quantitative estimate of drug-likeness (QED) is 0.403. The van der Waals surface area contributed by atoms with Gasteiger partial charge in [0.05, 0.1) is 6.61 Å². The van der Waals surface area contributed by atoms with Crippen molar-refractivity contribution in [2.75, 3.05) is 45.4 Å². The molecule has 0 heterocycles. The fourth-order valence-corrected chi connectivity index (χ4v) is 1.93. The van der Waals surface area contributed by atoms with Gasteiger partial charge in [0.25, 0.3) is 0 Å². The second-order valence-electron chi connectivity index (χ2n) is 4.26. The number of ether oxygens (including phenoxy) is 2. The number of hydrogen-bond acceptors (Lipinski definition) is 4. The first-order valence-electron chi connectivity index (χ1n) is 6.37. The average molecular weight is 265 g/mol. The molecule has 19 heavy (non-hydrogen) atoms. The Hall–Kier alpha value is -1.59. The molecule has 0 fully saturated rings. The normalized spacial score (nSPS) is 10.4. The highest BCUT2D eigenvalue weighted by Gasteiger charge is 2.12. The van der Waals surface area contributed by atoms with Crippen LogP contribution in [0.2, 0.25) is 0 Å². The summed E-state index contributed by atoms with van der Waals surface area (Å²) in [6.07, 6.45) is 0.923. The van der Waals surface area contributed by atoms with Gasteiger partial charge < -0.3 is 20.1 Å². The van der Waals surface area contributed by atoms with Crippen LogP contribution < -0.4 is 10.6 Å². The monoisotopic (exact) mass is 265 g/mol. The van der Waals surface area contributed by atoms with Crippen molar-refractivity contribution in [1.29, 1.82) is 5.41 Å². The van der Waals surface area contributed by atoms with Crippen LogP contribution >= 0.6 is 0 Å². The summed E-state index contributed by atoms with van der Waals surface area (Å²) in [5.74, 6) is 0.0877. The van der Waals surface area contributed by atoms with Gasteiger partial charge in [-0.3, -0.25) is 5.41 Å². The average Bonchev–Trinajstić information content (AvgIpc) is 2.42. The van der Waals surface area contributed by atoms with E-state index in [0.717, 1.165) is 30.8 Å². The van der Waals surface area contributed by atoms with Gasteiger partial charge in [-0.2, -0.15) is 0 Å². The third kappa shape index (κ3) is 4.89. The van der Waals surface area contributed by atoms with Crippen molar-refractivity contribution in [3.63, 3.8) is 0 Å². The van der Waals surface area contributed by atoms with E-state index < -0.39 is 0 Å². The molecule has 0 saturated carbocycles. The Morgan fingerprint density at radius 3 is 2.47 bits per heavy atom. The standard InChI is InChI=1S/C14H23N3O2/c1-18-10-5-8-17(9-11-19-2)13-7-4-3-6-12(13)14(15)16/h3-4,6-7H,5,8-11H2,1-2H3,(H3,15,16). The molecular weight excluding hydrogens is 242 g/mol. The number of nitrogens with two attached hydrogens (primary N) is 1. The largest absolute Gasteiger partial charge is 0.385 e. The highest BCUT2D eigenvalue weighted by molar-refractivity contribution is 6.00. The zero-order valence-corrected chi connectivity index (χ0v) is 11.7. The van der Waals surface area contributed by atoms with E-state index in [0.29, 0.717) is 13.2 Å². The summed E-state index contributed by atoms with van der Waals surface area (Å²) in [5, 5.41) is 7.65. The maximum atomic E-state index is 7.65. The Bertz CT molecular complexity index is 396. The van der Waals surface area contributed by atoms with Crippen molar-refractivity contribution in [2.24, 2.45) is 5.73 Å². The van der Waals surface area contributed by atoms with Gasteiger partial charge in [-0.05, 0) is 18.6 Å². The SMILES string of the molecule is COCCCN(CCOC)c1ccccc1C(=N)N. The Balaban J connectivity index is 2.85. The van der Waals surface area contributed by atoms with E-state index in [1.165, 1.54) is 0 Å². The van der Waals surface area contributed by atoms with Crippen LogP contribution in [0.15, 0.2) is 24.3 Å². The molecule has 1 aromatic rings. The number of amidine groups is 1. The maximum absolute atomic E-state index is 7.65. The number of hydrogen-bond donors (Lipinski definition) is 2. The van der Waals surface area contributed by atoms with Crippen LogP contribution in [0, 0.1) is 5.41 Å². The van der Waals surface area contributed by atoms with Crippen molar-refractivity contribution in [1.82, 2.24) is 0 Å². The summed E-state index contributed by atoms with van der Waals surface area (Å²) in [4.78, 5) is 2.18. The highest BCUT2D eigenvalue weighted by atomic mass is 16.5. The molecular formula is C14H23N3O2. The van der Waals surface area contributed by atoms with E-state index in [1.807, 2.05) is 24.3 Å². The predicted octanol–water partition coefficient (Wildman–Crippen LogP) is 1.46. The topological polar surface area (TPSA) is 71.6 Å². The molecule has 106 valence electrons. The molecule has 0 aromatic heterocycles. The van der Waals surface area contributed by atoms with Crippen molar-refractivity contribution >= 4 is 11.5 Å². The number of nitrogen functional groups attached to an aromatic ring is 1. The minimum Gasteiger partial charge on any atom is -0.385 e. The van der Waals surface area contributed by atoms with E-state index >= 15 is 0 Å². The Labute approximate surface area is 114 Å². The highest BCUT2D eigenvalue weighted by Crippen LogP contribution is 2.20. The lowest BCUT2D eigenvalue weighted by Crippen LogP contribution is -2.31. The summed E-state index contributed by atoms with van der Waals surface area (Å²) < 4.78 is 10.2. The minimum atomic E-state index is 0.0877. The van der Waals surface area contributed by atoms with Crippen molar-refractivity contribution in [2.45, 2.75) is 6.42 Å². The first-order valence-corrected chi connectivity index (χ1v) is 6.37. The summed E-state index contributed by atoms with van der Waals surface area (Å²) in [7, 11) is 3.38. The third-order valence-electron chi connectivity index (χ3n) is 2.88. The van der Waals surface area contributed by atoms with Crippen LogP contribution in [0.5, 0.6) is 0 Å². The second-order valence-corrected chi connectivity index (χ2v) is 4.26. The van der Waals surface area contributed by atoms with Gasteiger partial charge in [0.1, 0.15) is 5.84 Å². The lowest BCUT2D eigenvalue weighted by Gasteiger charge is -2.26. The molecule has 0 bridgehead atoms. The molecule has 1 rings (SSSR count). The maximum Gasteiger partial charge on any atom is 0.124 e. The molecule has 0 amide bonds. The summed E-state index contributed by atoms with van der Waals surface area (Å²) in [6, 6.07) is 7.70. The fourth-order valence-electron chi connectivity index (χ4n) is 1.93. The van der Waals surface area contributed by atoms with Gasteiger partial charge in [0.2, 0.25) is 0 Å². The summed E-state index contributed by atoms with van der Waals surface area (Å²) in [6.45, 7) is 2.97. The van der Waals surface area contributed by atoms with Crippen LogP contribution in [-0.4, -0.2) is 46.4 Å². The van der Waals surface area contributed by atoms with E-state index in [4.69, 9.17) is 20.6 Å². The van der Waals surface area contributed by atoms with Crippen LogP contribution in [0.1, 0.15) is 12.0 Å². The smallest absolute Gasteiger partial charge is 0.124 e. The summed E-state index contributed by atoms with van der Waals surface area (Å²) in [5.41, 5.74) is 7.37. The van der Waals surface area contributed by atoms with Gasteiger partial charge in [-0.15, -0.1) is 0 Å². The molecule has 3 N–H and O–H groups in total. The van der Waals surface area contributed by atoms with E-state index in [2.05, 4.69) is 4.90 Å². The van der Waals surface area contributed by atoms with E-state index in [-0.39, 0.29) is 5.84 Å². The number of nitrogens with one attached hydrogen (secondary N) is 1. The second kappa shape index (κ2) is 8.50. The molecule has 5 heteroatoms. The first-order chi connectivity index (χ1) is 9.20. The number of benzene rings is 1. The minimum absolute atomic E-state index is 0.0877. The van der Waals surface area contributed by atoms with Crippen LogP contribution in [0.25, 0.3) is 0 Å². The molecule has 0 spiro atoms. The van der Waals surface area contributed by atoms with Gasteiger partial charge in [-0.25, -0.2) is 0 Å². The van der Waals surface area contributed by atoms with Crippen molar-refractivity contribution in [3.05, 3.63) is 29.8 Å². The number of nitrogens with zero attached hydrogens (tertiary/aromatic N) is 1. The lowest BCUT2D eigenvalue weighted by molar-refractivity contribution is 0.191. The van der Waals surface area contributed by atoms with Crippen molar-refractivity contribution in [3.8, 4) is 0 Å². The van der Waals surface area contributed by atoms with Crippen LogP contribution in [-0.2, 0) is 9.47 Å².